The largest absolute Gasteiger partial charge is 0.316 e. The normalized spacial score (nSPS) is 19.5. The number of aromatic amines is 1. The Morgan fingerprint density at radius 2 is 2.16 bits per heavy atom. The van der Waals surface area contributed by atoms with Crippen LogP contribution >= 0.6 is 0 Å². The van der Waals surface area contributed by atoms with Gasteiger partial charge in [-0.3, -0.25) is 5.10 Å². The first-order valence-electron chi connectivity index (χ1n) is 6.41. The molecule has 7 nitrogen and oxygen atoms in total. The molecular formula is C11H21N5O2S. The van der Waals surface area contributed by atoms with E-state index in [0.29, 0.717) is 25.2 Å². The third kappa shape index (κ3) is 3.14. The third-order valence-corrected chi connectivity index (χ3v) is 5.24. The van der Waals surface area contributed by atoms with Gasteiger partial charge in [0.05, 0.1) is 6.20 Å². The van der Waals surface area contributed by atoms with Crippen molar-refractivity contribution in [2.45, 2.75) is 18.0 Å². The van der Waals surface area contributed by atoms with Crippen molar-refractivity contribution in [3.63, 3.8) is 0 Å². The topological polar surface area (TPSA) is 81.3 Å². The number of likely N-dealkylation sites (N-methyl/N-ethyl adjacent to an activating group) is 1. The Labute approximate surface area is 114 Å². The third-order valence-electron chi connectivity index (χ3n) is 3.32. The number of rotatable bonds is 4. The van der Waals surface area contributed by atoms with Gasteiger partial charge in [0.1, 0.15) is 0 Å². The average molecular weight is 287 g/mol. The molecule has 1 aliphatic rings. The van der Waals surface area contributed by atoms with Crippen molar-refractivity contribution in [3.05, 3.63) is 11.8 Å². The van der Waals surface area contributed by atoms with Gasteiger partial charge in [-0.25, -0.2) is 8.42 Å². The molecule has 2 heterocycles. The predicted molar refractivity (Wildman–Crippen MR) is 72.2 cm³/mol. The molecule has 1 aromatic heterocycles. The number of H-pyrrole nitrogens is 1. The van der Waals surface area contributed by atoms with Gasteiger partial charge in [0.25, 0.3) is 10.0 Å². The van der Waals surface area contributed by atoms with Crippen molar-refractivity contribution in [3.8, 4) is 0 Å². The smallest absolute Gasteiger partial charge is 0.260 e. The van der Waals surface area contributed by atoms with Crippen LogP contribution in [0, 0.1) is 0 Å². The Bertz CT molecular complexity index is 513. The zero-order valence-corrected chi connectivity index (χ0v) is 12.2. The first-order valence-corrected chi connectivity index (χ1v) is 7.85. The lowest BCUT2D eigenvalue weighted by molar-refractivity contribution is 0.347. The summed E-state index contributed by atoms with van der Waals surface area (Å²) in [7, 11) is 0.325. The van der Waals surface area contributed by atoms with Crippen molar-refractivity contribution in [2.24, 2.45) is 0 Å². The zero-order valence-electron chi connectivity index (χ0n) is 11.4. The molecule has 0 unspecified atom stereocenters. The van der Waals surface area contributed by atoms with Crippen LogP contribution in [0.2, 0.25) is 0 Å². The van der Waals surface area contributed by atoms with Crippen LogP contribution in [0.3, 0.4) is 0 Å². The minimum Gasteiger partial charge on any atom is -0.316 e. The van der Waals surface area contributed by atoms with E-state index in [1.54, 1.807) is 17.5 Å². The second kappa shape index (κ2) is 6.00. The first-order chi connectivity index (χ1) is 9.05. The highest BCUT2D eigenvalue weighted by Crippen LogP contribution is 2.18. The van der Waals surface area contributed by atoms with Crippen LogP contribution in [-0.2, 0) is 16.6 Å². The molecule has 0 spiro atoms. The second-order valence-electron chi connectivity index (χ2n) is 4.82. The first kappa shape index (κ1) is 14.4. The summed E-state index contributed by atoms with van der Waals surface area (Å²) in [6.45, 7) is 3.26. The van der Waals surface area contributed by atoms with Gasteiger partial charge in [0.2, 0.25) is 0 Å². The van der Waals surface area contributed by atoms with Crippen LogP contribution in [-0.4, -0.2) is 68.1 Å². The number of sulfonamides is 1. The number of hydrogen-bond acceptors (Lipinski definition) is 5. The molecule has 2 rings (SSSR count). The maximum absolute atomic E-state index is 12.6. The molecule has 0 atom stereocenters. The molecule has 2 N–H and O–H groups in total. The fourth-order valence-corrected chi connectivity index (χ4v) is 3.81. The molecule has 1 fully saturated rings. The van der Waals surface area contributed by atoms with E-state index in [1.807, 2.05) is 7.05 Å². The summed E-state index contributed by atoms with van der Waals surface area (Å²) in [5.74, 6) is 0. The minimum absolute atomic E-state index is 0.214. The van der Waals surface area contributed by atoms with Gasteiger partial charge in [0, 0.05) is 31.7 Å². The molecule has 0 amide bonds. The van der Waals surface area contributed by atoms with Crippen LogP contribution in [0.15, 0.2) is 11.2 Å². The molecule has 19 heavy (non-hydrogen) atoms. The van der Waals surface area contributed by atoms with E-state index < -0.39 is 10.0 Å². The second-order valence-corrected chi connectivity index (χ2v) is 6.69. The number of hydrogen-bond donors (Lipinski definition) is 2. The Hall–Kier alpha value is -0.960. The molecule has 1 saturated heterocycles. The molecule has 0 aromatic carbocycles. The fraction of sp³-hybridized carbons (Fsp3) is 0.727. The van der Waals surface area contributed by atoms with Crippen LogP contribution < -0.4 is 5.32 Å². The summed E-state index contributed by atoms with van der Waals surface area (Å²) < 4.78 is 26.8. The molecule has 0 bridgehead atoms. The molecule has 1 aliphatic heterocycles. The molecule has 1 aromatic rings. The SMILES string of the molecule is CNCc1cn[nH]c1S(=O)(=O)N1CCCN(C)CC1. The van der Waals surface area contributed by atoms with E-state index in [4.69, 9.17) is 0 Å². The molecule has 0 radical (unpaired) electrons. The van der Waals surface area contributed by atoms with E-state index in [-0.39, 0.29) is 5.03 Å². The minimum atomic E-state index is -3.47. The van der Waals surface area contributed by atoms with Crippen molar-refractivity contribution in [1.29, 1.82) is 0 Å². The molecule has 0 aliphatic carbocycles. The Balaban J connectivity index is 2.23. The quantitative estimate of drug-likeness (QED) is 0.777. The summed E-state index contributed by atoms with van der Waals surface area (Å²) in [4.78, 5) is 2.15. The zero-order chi connectivity index (χ0) is 13.9. The summed E-state index contributed by atoms with van der Waals surface area (Å²) in [5, 5.41) is 9.65. The summed E-state index contributed by atoms with van der Waals surface area (Å²) in [6, 6.07) is 0. The van der Waals surface area contributed by atoms with E-state index in [1.165, 1.54) is 0 Å². The van der Waals surface area contributed by atoms with E-state index in [0.717, 1.165) is 19.5 Å². The maximum atomic E-state index is 12.6. The predicted octanol–water partition coefficient (Wildman–Crippen LogP) is -0.545. The van der Waals surface area contributed by atoms with Crippen LogP contribution in [0.25, 0.3) is 0 Å². The van der Waals surface area contributed by atoms with Crippen LogP contribution in [0.5, 0.6) is 0 Å². The van der Waals surface area contributed by atoms with Crippen molar-refractivity contribution in [1.82, 2.24) is 24.7 Å². The highest BCUT2D eigenvalue weighted by atomic mass is 32.2. The number of aromatic nitrogens is 2. The van der Waals surface area contributed by atoms with Crippen molar-refractivity contribution in [2.75, 3.05) is 40.3 Å². The lowest BCUT2D eigenvalue weighted by atomic mass is 10.4. The van der Waals surface area contributed by atoms with Gasteiger partial charge in [-0.2, -0.15) is 9.40 Å². The standard InChI is InChI=1S/C11H21N5O2S/c1-12-8-10-9-13-14-11(10)19(17,18)16-5-3-4-15(2)6-7-16/h9,12H,3-8H2,1-2H3,(H,13,14). The van der Waals surface area contributed by atoms with Gasteiger partial charge in [-0.05, 0) is 27.1 Å². The van der Waals surface area contributed by atoms with E-state index >= 15 is 0 Å². The molecule has 108 valence electrons. The summed E-state index contributed by atoms with van der Waals surface area (Å²) in [5.41, 5.74) is 0.681. The molecular weight excluding hydrogens is 266 g/mol. The van der Waals surface area contributed by atoms with Crippen LogP contribution in [0.4, 0.5) is 0 Å². The number of nitrogens with zero attached hydrogens (tertiary/aromatic N) is 3. The average Bonchev–Trinajstić information content (AvgIpc) is 2.71. The lowest BCUT2D eigenvalue weighted by Gasteiger charge is -2.19. The molecule has 8 heteroatoms. The highest BCUT2D eigenvalue weighted by Gasteiger charge is 2.29. The van der Waals surface area contributed by atoms with Gasteiger partial charge in [-0.1, -0.05) is 0 Å². The van der Waals surface area contributed by atoms with Gasteiger partial charge in [0.15, 0.2) is 5.03 Å². The van der Waals surface area contributed by atoms with E-state index in [9.17, 15) is 8.42 Å². The van der Waals surface area contributed by atoms with Crippen molar-refractivity contribution < 1.29 is 8.42 Å². The Kier molecular flexibility index (Phi) is 4.56. The van der Waals surface area contributed by atoms with Gasteiger partial charge < -0.3 is 10.2 Å². The van der Waals surface area contributed by atoms with Crippen LogP contribution in [0.1, 0.15) is 12.0 Å². The lowest BCUT2D eigenvalue weighted by Crippen LogP contribution is -2.35. The van der Waals surface area contributed by atoms with Crippen molar-refractivity contribution >= 4 is 10.0 Å². The Morgan fingerprint density at radius 3 is 2.89 bits per heavy atom. The fourth-order valence-electron chi connectivity index (χ4n) is 2.23. The highest BCUT2D eigenvalue weighted by molar-refractivity contribution is 7.89. The number of nitrogens with one attached hydrogen (secondary N) is 2. The molecule has 0 saturated carbocycles. The van der Waals surface area contributed by atoms with Gasteiger partial charge >= 0.3 is 0 Å². The monoisotopic (exact) mass is 287 g/mol. The van der Waals surface area contributed by atoms with Gasteiger partial charge in [-0.15, -0.1) is 0 Å². The summed E-state index contributed by atoms with van der Waals surface area (Å²) >= 11 is 0. The Morgan fingerprint density at radius 1 is 1.37 bits per heavy atom. The van der Waals surface area contributed by atoms with E-state index in [2.05, 4.69) is 20.4 Å². The summed E-state index contributed by atoms with van der Waals surface area (Å²) in [6.07, 6.45) is 2.42. The maximum Gasteiger partial charge on any atom is 0.260 e.